The number of aliphatic hydroxyl groups excluding tert-OH is 1. The predicted molar refractivity (Wildman–Crippen MR) is 149 cm³/mol. The second-order valence-corrected chi connectivity index (χ2v) is 12.8. The molecule has 1 aromatic rings. The first-order valence-corrected chi connectivity index (χ1v) is 15.0. The van der Waals surface area contributed by atoms with Crippen molar-refractivity contribution in [3.05, 3.63) is 17.2 Å². The van der Waals surface area contributed by atoms with E-state index in [4.69, 9.17) is 15.9 Å². The summed E-state index contributed by atoms with van der Waals surface area (Å²) >= 11 is 1.04. The van der Waals surface area contributed by atoms with E-state index in [0.29, 0.717) is 28.7 Å². The summed E-state index contributed by atoms with van der Waals surface area (Å²) in [6.07, 6.45) is 4.22. The van der Waals surface area contributed by atoms with Gasteiger partial charge in [0.2, 0.25) is 11.8 Å². The molecule has 0 aliphatic heterocycles. The summed E-state index contributed by atoms with van der Waals surface area (Å²) in [7, 11) is 0. The standard InChI is InChI=1S/C28H39N3O9S/c1-28-9-8-13-14(17(28)4-6-21(28)32)2-3-15-16(13)10-20(25(37)24(15)36)41-12-19(26(38)30-11-23(34)35)31-22(33)7-5-18(29)27(39)40/h10,13-14,17-19,21,32,36-37H,2-9,11-12,29H2,1H3,(H,30,38)(H,31,33)(H,34,35)(H,39,40)/t13-,14+,17-,18-,19+,21-,28-/m0/s1. The highest BCUT2D eigenvalue weighted by Crippen LogP contribution is 2.62. The van der Waals surface area contributed by atoms with Crippen LogP contribution in [0.2, 0.25) is 0 Å². The molecular formula is C28H39N3O9S. The van der Waals surface area contributed by atoms with Crippen molar-refractivity contribution >= 4 is 35.5 Å². The van der Waals surface area contributed by atoms with Gasteiger partial charge in [0, 0.05) is 17.7 Å². The van der Waals surface area contributed by atoms with Crippen LogP contribution >= 0.6 is 11.8 Å². The highest BCUT2D eigenvalue weighted by Gasteiger charge is 2.54. The molecule has 9 N–H and O–H groups in total. The van der Waals surface area contributed by atoms with Crippen molar-refractivity contribution < 1.29 is 44.7 Å². The number of carboxylic acids is 2. The topological polar surface area (TPSA) is 220 Å². The van der Waals surface area contributed by atoms with Gasteiger partial charge in [0.25, 0.3) is 0 Å². The highest BCUT2D eigenvalue weighted by atomic mass is 32.2. The zero-order chi connectivity index (χ0) is 30.1. The number of aromatic hydroxyl groups is 2. The summed E-state index contributed by atoms with van der Waals surface area (Å²) in [5, 5.41) is 55.1. The van der Waals surface area contributed by atoms with E-state index in [1.165, 1.54) is 0 Å². The van der Waals surface area contributed by atoms with Gasteiger partial charge in [-0.05, 0) is 79.7 Å². The third-order valence-corrected chi connectivity index (χ3v) is 10.5. The Bertz CT molecular complexity index is 1210. The van der Waals surface area contributed by atoms with Crippen LogP contribution < -0.4 is 16.4 Å². The molecule has 2 saturated carbocycles. The van der Waals surface area contributed by atoms with E-state index in [0.717, 1.165) is 49.4 Å². The van der Waals surface area contributed by atoms with Crippen molar-refractivity contribution in [1.29, 1.82) is 0 Å². The highest BCUT2D eigenvalue weighted by molar-refractivity contribution is 7.99. The Labute approximate surface area is 242 Å². The van der Waals surface area contributed by atoms with Crippen LogP contribution in [0, 0.1) is 17.3 Å². The number of hydrogen-bond donors (Lipinski definition) is 8. The largest absolute Gasteiger partial charge is 0.504 e. The molecule has 2 amide bonds. The Hall–Kier alpha value is -3.03. The van der Waals surface area contributed by atoms with E-state index in [-0.39, 0.29) is 47.5 Å². The van der Waals surface area contributed by atoms with E-state index < -0.39 is 42.4 Å². The van der Waals surface area contributed by atoms with Crippen molar-refractivity contribution in [2.75, 3.05) is 12.3 Å². The molecule has 1 aromatic carbocycles. The third kappa shape index (κ3) is 6.41. The average Bonchev–Trinajstić information content (AvgIpc) is 3.24. The number of nitrogens with two attached hydrogens (primary N) is 1. The lowest BCUT2D eigenvalue weighted by atomic mass is 9.55. The maximum absolute atomic E-state index is 12.7. The van der Waals surface area contributed by atoms with Crippen molar-refractivity contribution in [3.8, 4) is 11.5 Å². The lowest BCUT2D eigenvalue weighted by molar-refractivity contribution is -0.139. The molecule has 3 aliphatic carbocycles. The van der Waals surface area contributed by atoms with Gasteiger partial charge in [-0.2, -0.15) is 0 Å². The number of phenols is 2. The fourth-order valence-electron chi connectivity index (χ4n) is 7.07. The smallest absolute Gasteiger partial charge is 0.322 e. The number of amides is 2. The molecular weight excluding hydrogens is 554 g/mol. The minimum Gasteiger partial charge on any atom is -0.504 e. The number of benzene rings is 1. The Balaban J connectivity index is 1.52. The molecule has 0 radical (unpaired) electrons. The molecule has 0 heterocycles. The van der Waals surface area contributed by atoms with Crippen LogP contribution in [0.1, 0.15) is 68.9 Å². The Morgan fingerprint density at radius 1 is 1.12 bits per heavy atom. The molecule has 13 heteroatoms. The van der Waals surface area contributed by atoms with Gasteiger partial charge >= 0.3 is 11.9 Å². The van der Waals surface area contributed by atoms with Gasteiger partial charge < -0.3 is 41.9 Å². The summed E-state index contributed by atoms with van der Waals surface area (Å²) in [5.41, 5.74) is 7.02. The lowest BCUT2D eigenvalue weighted by Crippen LogP contribution is -2.49. The van der Waals surface area contributed by atoms with Crippen LogP contribution in [-0.4, -0.2) is 79.8 Å². The van der Waals surface area contributed by atoms with Gasteiger partial charge in [-0.1, -0.05) is 6.92 Å². The maximum Gasteiger partial charge on any atom is 0.322 e. The van der Waals surface area contributed by atoms with Crippen molar-refractivity contribution in [2.45, 2.75) is 87.3 Å². The Kier molecular flexibility index (Phi) is 9.39. The van der Waals surface area contributed by atoms with Crippen LogP contribution in [-0.2, 0) is 25.6 Å². The number of nitrogens with one attached hydrogen (secondary N) is 2. The van der Waals surface area contributed by atoms with Gasteiger partial charge in [-0.3, -0.25) is 19.2 Å². The molecule has 0 aromatic heterocycles. The third-order valence-electron chi connectivity index (χ3n) is 9.36. The van der Waals surface area contributed by atoms with Gasteiger partial charge in [0.05, 0.1) is 11.0 Å². The first-order chi connectivity index (χ1) is 19.3. The number of carboxylic acid groups (broad SMARTS) is 2. The summed E-state index contributed by atoms with van der Waals surface area (Å²) < 4.78 is 0. The summed E-state index contributed by atoms with van der Waals surface area (Å²) in [6, 6.07) is -0.604. The Morgan fingerprint density at radius 3 is 2.54 bits per heavy atom. The number of aliphatic hydroxyl groups is 1. The number of phenolic OH excluding ortho intramolecular Hbond substituents is 2. The number of carbonyl (C=O) groups excluding carboxylic acids is 2. The summed E-state index contributed by atoms with van der Waals surface area (Å²) in [5.74, 6) is -3.63. The monoisotopic (exact) mass is 593 g/mol. The number of rotatable bonds is 11. The van der Waals surface area contributed by atoms with E-state index in [2.05, 4.69) is 17.6 Å². The molecule has 4 rings (SSSR count). The summed E-state index contributed by atoms with van der Waals surface area (Å²) in [4.78, 5) is 47.4. The molecule has 3 aliphatic rings. The van der Waals surface area contributed by atoms with Gasteiger partial charge in [-0.15, -0.1) is 11.8 Å². The van der Waals surface area contributed by atoms with E-state index >= 15 is 0 Å². The van der Waals surface area contributed by atoms with E-state index in [1.807, 2.05) is 6.07 Å². The second-order valence-electron chi connectivity index (χ2n) is 11.7. The normalized spacial score (nSPS) is 28.0. The zero-order valence-corrected chi connectivity index (χ0v) is 23.8. The first-order valence-electron chi connectivity index (χ1n) is 14.0. The molecule has 0 spiro atoms. The van der Waals surface area contributed by atoms with Crippen LogP contribution in [0.5, 0.6) is 11.5 Å². The molecule has 0 saturated heterocycles. The molecule has 12 nitrogen and oxygen atoms in total. The van der Waals surface area contributed by atoms with E-state index in [9.17, 15) is 34.5 Å². The molecule has 2 fully saturated rings. The van der Waals surface area contributed by atoms with Crippen molar-refractivity contribution in [3.63, 3.8) is 0 Å². The summed E-state index contributed by atoms with van der Waals surface area (Å²) in [6.45, 7) is 1.51. The molecule has 226 valence electrons. The quantitative estimate of drug-likeness (QED) is 0.135. The van der Waals surface area contributed by atoms with Crippen LogP contribution in [0.4, 0.5) is 0 Å². The Morgan fingerprint density at radius 2 is 1.85 bits per heavy atom. The molecule has 41 heavy (non-hydrogen) atoms. The number of fused-ring (bicyclic) bond motifs is 5. The van der Waals surface area contributed by atoms with Gasteiger partial charge in [0.1, 0.15) is 18.6 Å². The van der Waals surface area contributed by atoms with Crippen LogP contribution in [0.15, 0.2) is 11.0 Å². The molecule has 0 bridgehead atoms. The average molecular weight is 594 g/mol. The minimum atomic E-state index is -1.27. The van der Waals surface area contributed by atoms with Gasteiger partial charge in [0.15, 0.2) is 11.5 Å². The van der Waals surface area contributed by atoms with Crippen molar-refractivity contribution in [1.82, 2.24) is 10.6 Å². The fraction of sp³-hybridized carbons (Fsp3) is 0.643. The number of thioether (sulfide) groups is 1. The number of hydrogen-bond acceptors (Lipinski definition) is 9. The van der Waals surface area contributed by atoms with E-state index in [1.54, 1.807) is 0 Å². The zero-order valence-electron chi connectivity index (χ0n) is 23.0. The fourth-order valence-corrected chi connectivity index (χ4v) is 8.10. The molecule has 7 atom stereocenters. The minimum absolute atomic E-state index is 0.0883. The lowest BCUT2D eigenvalue weighted by Gasteiger charge is -2.50. The van der Waals surface area contributed by atoms with Crippen LogP contribution in [0.3, 0.4) is 0 Å². The predicted octanol–water partition coefficient (Wildman–Crippen LogP) is 1.28. The SMILES string of the molecule is C[C@]12CC[C@@H]3c4cc(SC[C@@H](NC(=O)CC[C@H](N)C(=O)O)C(=O)NCC(=O)O)c(O)c(O)c4CC[C@H]3[C@@H]1CC[C@@H]2O. The van der Waals surface area contributed by atoms with Crippen LogP contribution in [0.25, 0.3) is 0 Å². The number of carbonyl (C=O) groups is 4. The van der Waals surface area contributed by atoms with Crippen molar-refractivity contribution in [2.24, 2.45) is 23.0 Å². The van der Waals surface area contributed by atoms with Gasteiger partial charge in [-0.25, -0.2) is 0 Å². The maximum atomic E-state index is 12.7. The second kappa shape index (κ2) is 12.5. The molecule has 0 unspecified atom stereocenters. The first kappa shape index (κ1) is 30.9. The number of aliphatic carboxylic acids is 2.